The molecule has 0 spiro atoms. The fourth-order valence-corrected chi connectivity index (χ4v) is 3.13. The van der Waals surface area contributed by atoms with Crippen molar-refractivity contribution < 1.29 is 18.4 Å². The molecule has 0 atom stereocenters. The van der Waals surface area contributed by atoms with Crippen molar-refractivity contribution in [2.75, 3.05) is 14.2 Å². The fraction of sp³-hybridized carbons (Fsp3) is 0.211. The van der Waals surface area contributed by atoms with Crippen molar-refractivity contribution >= 4 is 0 Å². The summed E-state index contributed by atoms with van der Waals surface area (Å²) in [4.78, 5) is 0. The molecular formula is C19H18FNO3. The van der Waals surface area contributed by atoms with Gasteiger partial charge in [0.2, 0.25) is 0 Å². The molecule has 0 unspecified atom stereocenters. The lowest BCUT2D eigenvalue weighted by Gasteiger charge is -2.21. The summed E-state index contributed by atoms with van der Waals surface area (Å²) in [5, 5.41) is 4.01. The second-order valence-corrected chi connectivity index (χ2v) is 5.43. The molecular weight excluding hydrogens is 309 g/mol. The summed E-state index contributed by atoms with van der Waals surface area (Å²) in [6.07, 6.45) is 1.49. The van der Waals surface area contributed by atoms with Crippen LogP contribution in [0.15, 0.2) is 41.1 Å². The number of aromatic nitrogens is 1. The molecule has 4 nitrogen and oxygen atoms in total. The second kappa shape index (κ2) is 6.35. The van der Waals surface area contributed by atoms with Crippen LogP contribution in [-0.2, 0) is 0 Å². The molecule has 5 heteroatoms. The van der Waals surface area contributed by atoms with Crippen LogP contribution in [0.25, 0.3) is 22.4 Å². The highest BCUT2D eigenvalue weighted by Crippen LogP contribution is 2.48. The van der Waals surface area contributed by atoms with Crippen LogP contribution in [0.2, 0.25) is 0 Å². The first kappa shape index (κ1) is 16.1. The van der Waals surface area contributed by atoms with Gasteiger partial charge in [0, 0.05) is 17.2 Å². The first-order valence-electron chi connectivity index (χ1n) is 7.50. The van der Waals surface area contributed by atoms with Crippen molar-refractivity contribution in [1.29, 1.82) is 0 Å². The van der Waals surface area contributed by atoms with Gasteiger partial charge in [0.15, 0.2) is 11.5 Å². The highest BCUT2D eigenvalue weighted by molar-refractivity contribution is 5.87. The Morgan fingerprint density at radius 3 is 2.21 bits per heavy atom. The lowest BCUT2D eigenvalue weighted by Crippen LogP contribution is -2.02. The van der Waals surface area contributed by atoms with E-state index in [2.05, 4.69) is 5.16 Å². The van der Waals surface area contributed by atoms with Crippen LogP contribution in [0.1, 0.15) is 11.1 Å². The number of methoxy groups -OCH3 is 2. The average molecular weight is 327 g/mol. The Hall–Kier alpha value is -2.82. The third-order valence-corrected chi connectivity index (χ3v) is 4.14. The van der Waals surface area contributed by atoms with Gasteiger partial charge in [-0.1, -0.05) is 23.4 Å². The molecule has 2 aromatic carbocycles. The number of nitrogens with zero attached hydrogens (tertiary/aromatic N) is 1. The normalized spacial score (nSPS) is 10.7. The molecule has 0 N–H and O–H groups in total. The smallest absolute Gasteiger partial charge is 0.170 e. The second-order valence-electron chi connectivity index (χ2n) is 5.43. The highest BCUT2D eigenvalue weighted by atomic mass is 19.1. The van der Waals surface area contributed by atoms with E-state index >= 15 is 0 Å². The molecule has 0 saturated carbocycles. The van der Waals surface area contributed by atoms with Gasteiger partial charge in [-0.05, 0) is 31.0 Å². The molecule has 0 saturated heterocycles. The lowest BCUT2D eigenvalue weighted by atomic mass is 9.89. The standard InChI is InChI=1S/C19H18FNO3/c1-11-16(13-7-5-6-8-14(13)20)12(2)18(22-3)19(23-4)17(11)15-9-10-24-21-15/h5-10H,1-4H3. The fourth-order valence-electron chi connectivity index (χ4n) is 3.13. The maximum absolute atomic E-state index is 14.4. The molecule has 3 aromatic rings. The Balaban J connectivity index is 2.43. The van der Waals surface area contributed by atoms with Gasteiger partial charge >= 0.3 is 0 Å². The monoisotopic (exact) mass is 327 g/mol. The first-order chi connectivity index (χ1) is 11.6. The van der Waals surface area contributed by atoms with Gasteiger partial charge in [0.05, 0.1) is 19.8 Å². The van der Waals surface area contributed by atoms with Crippen LogP contribution in [0, 0.1) is 19.7 Å². The molecule has 3 rings (SSSR count). The SMILES string of the molecule is COc1c(C)c(-c2ccccc2F)c(C)c(-c2ccon2)c1OC. The Kier molecular flexibility index (Phi) is 4.25. The van der Waals surface area contributed by atoms with E-state index in [4.69, 9.17) is 14.0 Å². The Morgan fingerprint density at radius 1 is 0.917 bits per heavy atom. The minimum absolute atomic E-state index is 0.290. The quantitative estimate of drug-likeness (QED) is 0.691. The summed E-state index contributed by atoms with van der Waals surface area (Å²) in [5.74, 6) is 0.822. The summed E-state index contributed by atoms with van der Waals surface area (Å²) >= 11 is 0. The molecule has 0 radical (unpaired) electrons. The van der Waals surface area contributed by atoms with Crippen molar-refractivity contribution in [2.45, 2.75) is 13.8 Å². The summed E-state index contributed by atoms with van der Waals surface area (Å²) in [5.41, 5.74) is 4.28. The number of hydrogen-bond acceptors (Lipinski definition) is 4. The number of ether oxygens (including phenoxy) is 2. The van der Waals surface area contributed by atoms with E-state index in [1.807, 2.05) is 19.9 Å². The van der Waals surface area contributed by atoms with E-state index in [9.17, 15) is 4.39 Å². The summed E-state index contributed by atoms with van der Waals surface area (Å²) in [6.45, 7) is 3.81. The van der Waals surface area contributed by atoms with Crippen LogP contribution < -0.4 is 9.47 Å². The van der Waals surface area contributed by atoms with Crippen molar-refractivity contribution in [2.24, 2.45) is 0 Å². The van der Waals surface area contributed by atoms with Gasteiger partial charge in [-0.2, -0.15) is 0 Å². The minimum atomic E-state index is -0.290. The molecule has 0 aliphatic rings. The Labute approximate surface area is 139 Å². The number of benzene rings is 2. The zero-order valence-corrected chi connectivity index (χ0v) is 14.0. The predicted octanol–water partition coefficient (Wildman–Crippen LogP) is 4.78. The van der Waals surface area contributed by atoms with E-state index in [0.29, 0.717) is 22.8 Å². The van der Waals surface area contributed by atoms with Gasteiger partial charge < -0.3 is 14.0 Å². The van der Waals surface area contributed by atoms with E-state index < -0.39 is 0 Å². The topological polar surface area (TPSA) is 44.5 Å². The third kappa shape index (κ3) is 2.42. The zero-order chi connectivity index (χ0) is 17.3. The maximum atomic E-state index is 14.4. The summed E-state index contributed by atoms with van der Waals surface area (Å²) in [6, 6.07) is 8.42. The van der Waals surface area contributed by atoms with Gasteiger partial charge in [0.25, 0.3) is 0 Å². The van der Waals surface area contributed by atoms with Gasteiger partial charge in [-0.25, -0.2) is 4.39 Å². The minimum Gasteiger partial charge on any atom is -0.493 e. The van der Waals surface area contributed by atoms with E-state index in [1.54, 1.807) is 32.4 Å². The summed E-state index contributed by atoms with van der Waals surface area (Å²) in [7, 11) is 3.14. The maximum Gasteiger partial charge on any atom is 0.170 e. The van der Waals surface area contributed by atoms with Crippen LogP contribution in [0.3, 0.4) is 0 Å². The van der Waals surface area contributed by atoms with Crippen LogP contribution in [0.5, 0.6) is 11.5 Å². The lowest BCUT2D eigenvalue weighted by molar-refractivity contribution is 0.353. The predicted molar refractivity (Wildman–Crippen MR) is 89.9 cm³/mol. The number of hydrogen-bond donors (Lipinski definition) is 0. The van der Waals surface area contributed by atoms with Crippen molar-refractivity contribution in [3.05, 3.63) is 53.5 Å². The molecule has 24 heavy (non-hydrogen) atoms. The van der Waals surface area contributed by atoms with Crippen molar-refractivity contribution in [1.82, 2.24) is 5.16 Å². The van der Waals surface area contributed by atoms with Gasteiger partial charge in [-0.3, -0.25) is 0 Å². The van der Waals surface area contributed by atoms with Crippen LogP contribution in [-0.4, -0.2) is 19.4 Å². The van der Waals surface area contributed by atoms with Crippen molar-refractivity contribution in [3.8, 4) is 33.9 Å². The average Bonchev–Trinajstić information content (AvgIpc) is 3.10. The molecule has 124 valence electrons. The molecule has 0 bridgehead atoms. The first-order valence-corrected chi connectivity index (χ1v) is 7.50. The van der Waals surface area contributed by atoms with E-state index in [1.165, 1.54) is 12.3 Å². The molecule has 1 heterocycles. The van der Waals surface area contributed by atoms with Crippen LogP contribution >= 0.6 is 0 Å². The molecule has 1 aromatic heterocycles. The zero-order valence-electron chi connectivity index (χ0n) is 14.0. The molecule has 0 amide bonds. The van der Waals surface area contributed by atoms with E-state index in [-0.39, 0.29) is 5.82 Å². The van der Waals surface area contributed by atoms with Gasteiger partial charge in [-0.15, -0.1) is 0 Å². The highest BCUT2D eigenvalue weighted by Gasteiger charge is 2.25. The summed E-state index contributed by atoms with van der Waals surface area (Å²) < 4.78 is 30.5. The van der Waals surface area contributed by atoms with Crippen molar-refractivity contribution in [3.63, 3.8) is 0 Å². The van der Waals surface area contributed by atoms with Crippen LogP contribution in [0.4, 0.5) is 4.39 Å². The third-order valence-electron chi connectivity index (χ3n) is 4.14. The number of rotatable bonds is 4. The Bertz CT molecular complexity index is 873. The Morgan fingerprint density at radius 2 is 1.62 bits per heavy atom. The molecule has 0 fully saturated rings. The molecule has 0 aliphatic heterocycles. The van der Waals surface area contributed by atoms with E-state index in [0.717, 1.165) is 22.3 Å². The van der Waals surface area contributed by atoms with Gasteiger partial charge in [0.1, 0.15) is 17.8 Å². The molecule has 0 aliphatic carbocycles. The number of halogens is 1. The largest absolute Gasteiger partial charge is 0.493 e.